The Balaban J connectivity index is 2.50. The molecule has 16 heavy (non-hydrogen) atoms. The molecule has 1 aromatic heterocycles. The molecule has 3 nitrogen and oxygen atoms in total. The van der Waals surface area contributed by atoms with Crippen molar-refractivity contribution in [3.05, 3.63) is 42.7 Å². The van der Waals surface area contributed by atoms with Gasteiger partial charge in [-0.05, 0) is 24.6 Å². The van der Waals surface area contributed by atoms with Gasteiger partial charge in [-0.1, -0.05) is 18.7 Å². The third-order valence-electron chi connectivity index (χ3n) is 2.29. The van der Waals surface area contributed by atoms with Crippen LogP contribution in [0.3, 0.4) is 0 Å². The number of nitrogens with one attached hydrogen (secondary N) is 1. The lowest BCUT2D eigenvalue weighted by molar-refractivity contribution is 0.341. The van der Waals surface area contributed by atoms with Crippen molar-refractivity contribution in [3.8, 4) is 17.1 Å². The van der Waals surface area contributed by atoms with Crippen LogP contribution in [0, 0.1) is 0 Å². The van der Waals surface area contributed by atoms with E-state index in [0.29, 0.717) is 6.61 Å². The molecule has 2 aromatic rings. The van der Waals surface area contributed by atoms with Crippen molar-refractivity contribution in [1.82, 2.24) is 9.97 Å². The first-order chi connectivity index (χ1) is 7.85. The molecule has 0 aliphatic rings. The molecule has 0 bridgehead atoms. The van der Waals surface area contributed by atoms with Crippen molar-refractivity contribution in [3.63, 3.8) is 0 Å². The van der Waals surface area contributed by atoms with Gasteiger partial charge >= 0.3 is 0 Å². The van der Waals surface area contributed by atoms with E-state index in [1.807, 2.05) is 31.2 Å². The first kappa shape index (κ1) is 10.5. The predicted octanol–water partition coefficient (Wildman–Crippen LogP) is 3.12. The molecule has 0 aliphatic heterocycles. The second-order valence-electron chi connectivity index (χ2n) is 3.33. The second kappa shape index (κ2) is 4.66. The summed E-state index contributed by atoms with van der Waals surface area (Å²) >= 11 is 0. The molecule has 0 radical (unpaired) electrons. The normalized spacial score (nSPS) is 10.1. The fraction of sp³-hybridized carbons (Fsp3) is 0.154. The van der Waals surface area contributed by atoms with E-state index in [4.69, 9.17) is 4.74 Å². The minimum atomic E-state index is 0.640. The van der Waals surface area contributed by atoms with Gasteiger partial charge in [0.15, 0.2) is 0 Å². The van der Waals surface area contributed by atoms with E-state index < -0.39 is 0 Å². The molecule has 1 N–H and O–H groups in total. The maximum absolute atomic E-state index is 5.57. The highest BCUT2D eigenvalue weighted by Gasteiger charge is 2.08. The van der Waals surface area contributed by atoms with Crippen LogP contribution in [0.5, 0.6) is 5.75 Å². The zero-order valence-corrected chi connectivity index (χ0v) is 9.23. The van der Waals surface area contributed by atoms with E-state index in [-0.39, 0.29) is 0 Å². The molecule has 82 valence electrons. The molecule has 0 fully saturated rings. The number of benzene rings is 1. The fourth-order valence-corrected chi connectivity index (χ4v) is 1.55. The Bertz CT molecular complexity index is 475. The quantitative estimate of drug-likeness (QED) is 0.849. The van der Waals surface area contributed by atoms with Crippen LogP contribution in [0.4, 0.5) is 0 Å². The highest BCUT2D eigenvalue weighted by molar-refractivity contribution is 5.68. The predicted molar refractivity (Wildman–Crippen MR) is 65.3 cm³/mol. The Morgan fingerprint density at radius 1 is 1.50 bits per heavy atom. The van der Waals surface area contributed by atoms with Crippen molar-refractivity contribution < 1.29 is 4.74 Å². The van der Waals surface area contributed by atoms with Gasteiger partial charge in [0.05, 0.1) is 12.2 Å². The summed E-state index contributed by atoms with van der Waals surface area (Å²) in [5.41, 5.74) is 2.01. The number of aromatic nitrogens is 2. The molecule has 0 aliphatic carbocycles. The zero-order chi connectivity index (χ0) is 11.4. The van der Waals surface area contributed by atoms with Crippen molar-refractivity contribution in [1.29, 1.82) is 0 Å². The number of H-pyrrole nitrogens is 1. The molecule has 0 atom stereocenters. The van der Waals surface area contributed by atoms with Gasteiger partial charge in [0.25, 0.3) is 0 Å². The van der Waals surface area contributed by atoms with Gasteiger partial charge < -0.3 is 9.72 Å². The van der Waals surface area contributed by atoms with Crippen LogP contribution < -0.4 is 4.74 Å². The van der Waals surface area contributed by atoms with Gasteiger partial charge in [-0.25, -0.2) is 4.98 Å². The molecule has 2 rings (SSSR count). The summed E-state index contributed by atoms with van der Waals surface area (Å²) in [4.78, 5) is 7.31. The molecule has 1 aromatic carbocycles. The van der Waals surface area contributed by atoms with Crippen LogP contribution in [0.2, 0.25) is 0 Å². The molecule has 3 heteroatoms. The molecule has 0 saturated carbocycles. The van der Waals surface area contributed by atoms with E-state index in [9.17, 15) is 0 Å². The average molecular weight is 214 g/mol. The van der Waals surface area contributed by atoms with Crippen LogP contribution in [0.15, 0.2) is 37.2 Å². The summed E-state index contributed by atoms with van der Waals surface area (Å²) in [6.45, 7) is 6.36. The number of hydrogen-bond acceptors (Lipinski definition) is 2. The van der Waals surface area contributed by atoms with E-state index in [2.05, 4.69) is 16.5 Å². The molecule has 0 spiro atoms. The monoisotopic (exact) mass is 214 g/mol. The largest absolute Gasteiger partial charge is 0.493 e. The Labute approximate surface area is 94.8 Å². The van der Waals surface area contributed by atoms with Crippen molar-refractivity contribution in [2.75, 3.05) is 6.61 Å². The van der Waals surface area contributed by atoms with Crippen molar-refractivity contribution in [2.45, 2.75) is 6.92 Å². The van der Waals surface area contributed by atoms with Gasteiger partial charge in [0, 0.05) is 12.4 Å². The van der Waals surface area contributed by atoms with E-state index >= 15 is 0 Å². The number of hydrogen-bond donors (Lipinski definition) is 1. The maximum Gasteiger partial charge on any atom is 0.141 e. The number of rotatable bonds is 4. The molecule has 1 heterocycles. The topological polar surface area (TPSA) is 37.9 Å². The summed E-state index contributed by atoms with van der Waals surface area (Å²) in [6.07, 6.45) is 5.33. The summed E-state index contributed by atoms with van der Waals surface area (Å²) in [7, 11) is 0. The fourth-order valence-electron chi connectivity index (χ4n) is 1.55. The lowest BCUT2D eigenvalue weighted by atomic mass is 10.1. The SMILES string of the molecule is C=Cc1ccc(OCC)c(-c2ncc[nH]2)c1. The van der Waals surface area contributed by atoms with Crippen LogP contribution in [-0.4, -0.2) is 16.6 Å². The van der Waals surface area contributed by atoms with Gasteiger partial charge in [0.2, 0.25) is 0 Å². The molecule has 0 unspecified atom stereocenters. The molecular formula is C13H14N2O. The van der Waals surface area contributed by atoms with Crippen LogP contribution >= 0.6 is 0 Å². The average Bonchev–Trinajstić information content (AvgIpc) is 2.83. The highest BCUT2D eigenvalue weighted by atomic mass is 16.5. The minimum Gasteiger partial charge on any atom is -0.493 e. The molecule has 0 saturated heterocycles. The summed E-state index contributed by atoms with van der Waals surface area (Å²) in [6, 6.07) is 5.93. The summed E-state index contributed by atoms with van der Waals surface area (Å²) < 4.78 is 5.57. The van der Waals surface area contributed by atoms with E-state index in [1.165, 1.54) is 0 Å². The number of nitrogens with zero attached hydrogens (tertiary/aromatic N) is 1. The molecule has 0 amide bonds. The van der Waals surface area contributed by atoms with E-state index in [0.717, 1.165) is 22.7 Å². The number of imidazole rings is 1. The van der Waals surface area contributed by atoms with E-state index in [1.54, 1.807) is 12.4 Å². The van der Waals surface area contributed by atoms with Crippen LogP contribution in [0.1, 0.15) is 12.5 Å². The third kappa shape index (κ3) is 1.98. The van der Waals surface area contributed by atoms with Gasteiger partial charge in [-0.15, -0.1) is 0 Å². The maximum atomic E-state index is 5.57. The standard InChI is InChI=1S/C13H14N2O/c1-3-10-5-6-12(16-4-2)11(9-10)13-14-7-8-15-13/h3,5-9H,1,4H2,2H3,(H,14,15). The first-order valence-electron chi connectivity index (χ1n) is 5.24. The lowest BCUT2D eigenvalue weighted by Crippen LogP contribution is -1.95. The lowest BCUT2D eigenvalue weighted by Gasteiger charge is -2.09. The van der Waals surface area contributed by atoms with Crippen molar-refractivity contribution in [2.24, 2.45) is 0 Å². The Kier molecular flexibility index (Phi) is 3.05. The smallest absolute Gasteiger partial charge is 0.141 e. The second-order valence-corrected chi connectivity index (χ2v) is 3.33. The highest BCUT2D eigenvalue weighted by Crippen LogP contribution is 2.28. The zero-order valence-electron chi connectivity index (χ0n) is 9.23. The first-order valence-corrected chi connectivity index (χ1v) is 5.24. The van der Waals surface area contributed by atoms with Crippen LogP contribution in [0.25, 0.3) is 17.5 Å². The summed E-state index contributed by atoms with van der Waals surface area (Å²) in [5.74, 6) is 1.65. The number of ether oxygens (including phenoxy) is 1. The third-order valence-corrected chi connectivity index (χ3v) is 2.29. The Morgan fingerprint density at radius 2 is 2.38 bits per heavy atom. The van der Waals surface area contributed by atoms with Gasteiger partial charge in [0.1, 0.15) is 11.6 Å². The summed E-state index contributed by atoms with van der Waals surface area (Å²) in [5, 5.41) is 0. The van der Waals surface area contributed by atoms with Crippen LogP contribution in [-0.2, 0) is 0 Å². The minimum absolute atomic E-state index is 0.640. The number of aromatic amines is 1. The molecular weight excluding hydrogens is 200 g/mol. The van der Waals surface area contributed by atoms with Crippen molar-refractivity contribution >= 4 is 6.08 Å². The Hall–Kier alpha value is -2.03. The van der Waals surface area contributed by atoms with Gasteiger partial charge in [-0.3, -0.25) is 0 Å². The van der Waals surface area contributed by atoms with Gasteiger partial charge in [-0.2, -0.15) is 0 Å². The Morgan fingerprint density at radius 3 is 3.00 bits per heavy atom.